The lowest BCUT2D eigenvalue weighted by Gasteiger charge is -2.14. The lowest BCUT2D eigenvalue weighted by atomic mass is 10.1. The molecule has 1 aromatic carbocycles. The molecule has 1 amide bonds. The van der Waals surface area contributed by atoms with Gasteiger partial charge in [0.1, 0.15) is 12.6 Å². The fraction of sp³-hybridized carbons (Fsp3) is 0.308. The second-order valence-electron chi connectivity index (χ2n) is 4.10. The van der Waals surface area contributed by atoms with Gasteiger partial charge in [0.15, 0.2) is 0 Å². The summed E-state index contributed by atoms with van der Waals surface area (Å²) in [6.45, 7) is 0.0777. The topological polar surface area (TPSA) is 102 Å². The van der Waals surface area contributed by atoms with Gasteiger partial charge in [0.2, 0.25) is 0 Å². The van der Waals surface area contributed by atoms with Gasteiger partial charge in [-0.25, -0.2) is 9.59 Å². The minimum absolute atomic E-state index is 0.0777. The summed E-state index contributed by atoms with van der Waals surface area (Å²) < 4.78 is 4.94. The second kappa shape index (κ2) is 8.11. The van der Waals surface area contributed by atoms with Crippen molar-refractivity contribution in [1.29, 1.82) is 0 Å². The maximum atomic E-state index is 11.5. The zero-order valence-electron chi connectivity index (χ0n) is 10.7. The number of carboxylic acids is 1. The Morgan fingerprint density at radius 3 is 2.55 bits per heavy atom. The number of carboxylic acid groups (broad SMARTS) is 1. The average Bonchev–Trinajstić information content (AvgIpc) is 2.41. The van der Waals surface area contributed by atoms with Crippen LogP contribution in [0, 0.1) is 0 Å². The number of ether oxygens (including phenoxy) is 1. The number of aliphatic carboxylic acids is 1. The number of amides is 1. The van der Waals surface area contributed by atoms with E-state index in [1.54, 1.807) is 12.1 Å². The van der Waals surface area contributed by atoms with Crippen LogP contribution in [0.4, 0.5) is 4.79 Å². The van der Waals surface area contributed by atoms with E-state index >= 15 is 0 Å². The summed E-state index contributed by atoms with van der Waals surface area (Å²) in [6, 6.07) is 8.01. The molecular weight excluding hydrogens is 280 g/mol. The quantitative estimate of drug-likeness (QED) is 0.658. The Labute approximate surface area is 121 Å². The molecular formula is C13H16N2O4S. The first kappa shape index (κ1) is 15.9. The van der Waals surface area contributed by atoms with Crippen LogP contribution in [0.15, 0.2) is 30.3 Å². The Morgan fingerprint density at radius 1 is 1.35 bits per heavy atom. The van der Waals surface area contributed by atoms with E-state index in [9.17, 15) is 9.59 Å². The van der Waals surface area contributed by atoms with Gasteiger partial charge in [0.25, 0.3) is 0 Å². The van der Waals surface area contributed by atoms with Gasteiger partial charge < -0.3 is 20.9 Å². The summed E-state index contributed by atoms with van der Waals surface area (Å²) in [5.41, 5.74) is 6.12. The maximum absolute atomic E-state index is 11.5. The lowest BCUT2D eigenvalue weighted by Crippen LogP contribution is -2.41. The van der Waals surface area contributed by atoms with Crippen molar-refractivity contribution in [3.63, 3.8) is 0 Å². The Morgan fingerprint density at radius 2 is 2.00 bits per heavy atom. The summed E-state index contributed by atoms with van der Waals surface area (Å²) in [4.78, 5) is 22.7. The number of rotatable bonds is 7. The highest BCUT2D eigenvalue weighted by Gasteiger charge is 2.20. The van der Waals surface area contributed by atoms with Gasteiger partial charge in [0, 0.05) is 6.42 Å². The van der Waals surface area contributed by atoms with Crippen molar-refractivity contribution in [1.82, 2.24) is 5.32 Å². The third-order valence-electron chi connectivity index (χ3n) is 2.48. The second-order valence-corrected chi connectivity index (χ2v) is 4.63. The summed E-state index contributed by atoms with van der Waals surface area (Å²) in [5.74, 6) is -1.15. The third-order valence-corrected chi connectivity index (χ3v) is 2.69. The maximum Gasteiger partial charge on any atom is 0.408 e. The van der Waals surface area contributed by atoms with E-state index in [1.807, 2.05) is 18.2 Å². The molecule has 6 nitrogen and oxygen atoms in total. The molecule has 108 valence electrons. The number of nitrogens with two attached hydrogens (primary N) is 1. The van der Waals surface area contributed by atoms with E-state index in [2.05, 4.69) is 17.5 Å². The predicted molar refractivity (Wildman–Crippen MR) is 77.2 cm³/mol. The SMILES string of the molecule is NC(=S)CCC(NC(=O)OCc1ccccc1)C(=O)O. The summed E-state index contributed by atoms with van der Waals surface area (Å²) in [5, 5.41) is 11.2. The van der Waals surface area contributed by atoms with Gasteiger partial charge in [-0.1, -0.05) is 42.5 Å². The average molecular weight is 296 g/mol. The normalized spacial score (nSPS) is 11.4. The highest BCUT2D eigenvalue weighted by molar-refractivity contribution is 7.80. The molecule has 0 aromatic heterocycles. The van der Waals surface area contributed by atoms with Gasteiger partial charge in [-0.3, -0.25) is 0 Å². The van der Waals surface area contributed by atoms with Crippen molar-refractivity contribution >= 4 is 29.3 Å². The molecule has 0 saturated heterocycles. The van der Waals surface area contributed by atoms with Gasteiger partial charge in [-0.2, -0.15) is 0 Å². The lowest BCUT2D eigenvalue weighted by molar-refractivity contribution is -0.139. The van der Waals surface area contributed by atoms with Gasteiger partial charge >= 0.3 is 12.1 Å². The minimum Gasteiger partial charge on any atom is -0.480 e. The number of hydrogen-bond donors (Lipinski definition) is 3. The number of hydrogen-bond acceptors (Lipinski definition) is 4. The molecule has 0 spiro atoms. The minimum atomic E-state index is -1.15. The van der Waals surface area contributed by atoms with Crippen LogP contribution in [0.1, 0.15) is 18.4 Å². The van der Waals surface area contributed by atoms with Crippen LogP contribution in [0.3, 0.4) is 0 Å². The van der Waals surface area contributed by atoms with Crippen molar-refractivity contribution in [2.75, 3.05) is 0 Å². The molecule has 0 radical (unpaired) electrons. The first-order chi connectivity index (χ1) is 9.49. The largest absolute Gasteiger partial charge is 0.480 e. The molecule has 1 rings (SSSR count). The summed E-state index contributed by atoms with van der Waals surface area (Å²) in [6.07, 6.45) is -0.416. The third kappa shape index (κ3) is 6.14. The zero-order valence-corrected chi connectivity index (χ0v) is 11.6. The fourth-order valence-corrected chi connectivity index (χ4v) is 1.57. The number of carbonyl (C=O) groups excluding carboxylic acids is 1. The molecule has 1 atom stereocenters. The molecule has 1 aromatic rings. The highest BCUT2D eigenvalue weighted by Crippen LogP contribution is 2.02. The van der Waals surface area contributed by atoms with Crippen LogP contribution in [0.25, 0.3) is 0 Å². The van der Waals surface area contributed by atoms with Crippen molar-refractivity contribution in [3.05, 3.63) is 35.9 Å². The van der Waals surface area contributed by atoms with E-state index in [-0.39, 0.29) is 24.4 Å². The summed E-state index contributed by atoms with van der Waals surface area (Å²) in [7, 11) is 0. The van der Waals surface area contributed by atoms with Crippen LogP contribution < -0.4 is 11.1 Å². The number of benzene rings is 1. The predicted octanol–water partition coefficient (Wildman–Crippen LogP) is 1.43. The number of nitrogens with one attached hydrogen (secondary N) is 1. The van der Waals surface area contributed by atoms with Crippen LogP contribution in [0.5, 0.6) is 0 Å². The van der Waals surface area contributed by atoms with E-state index in [1.165, 1.54) is 0 Å². The van der Waals surface area contributed by atoms with E-state index < -0.39 is 18.1 Å². The molecule has 0 fully saturated rings. The smallest absolute Gasteiger partial charge is 0.408 e. The van der Waals surface area contributed by atoms with E-state index in [0.29, 0.717) is 0 Å². The Hall–Kier alpha value is -2.15. The van der Waals surface area contributed by atoms with Gasteiger partial charge in [0.05, 0.1) is 4.99 Å². The molecule has 0 saturated carbocycles. The molecule has 4 N–H and O–H groups in total. The molecule has 0 bridgehead atoms. The Bertz CT molecular complexity index is 479. The van der Waals surface area contributed by atoms with Gasteiger partial charge in [-0.15, -0.1) is 0 Å². The van der Waals surface area contributed by atoms with Crippen LogP contribution >= 0.6 is 12.2 Å². The molecule has 0 aliphatic heterocycles. The van der Waals surface area contributed by atoms with Crippen LogP contribution in [-0.4, -0.2) is 28.2 Å². The van der Waals surface area contributed by atoms with Crippen molar-refractivity contribution in [2.45, 2.75) is 25.5 Å². The molecule has 1 unspecified atom stereocenters. The molecule has 20 heavy (non-hydrogen) atoms. The first-order valence-corrected chi connectivity index (χ1v) is 6.38. The van der Waals surface area contributed by atoms with Crippen LogP contribution in [0.2, 0.25) is 0 Å². The number of alkyl carbamates (subject to hydrolysis) is 1. The standard InChI is InChI=1S/C13H16N2O4S/c14-11(20)7-6-10(12(16)17)15-13(18)19-8-9-4-2-1-3-5-9/h1-5,10H,6-8H2,(H2,14,20)(H,15,18)(H,16,17). The highest BCUT2D eigenvalue weighted by atomic mass is 32.1. The fourth-order valence-electron chi connectivity index (χ4n) is 1.45. The molecule has 0 aliphatic rings. The molecule has 0 aliphatic carbocycles. The monoisotopic (exact) mass is 296 g/mol. The van der Waals surface area contributed by atoms with E-state index in [4.69, 9.17) is 15.6 Å². The van der Waals surface area contributed by atoms with Crippen molar-refractivity contribution in [3.8, 4) is 0 Å². The van der Waals surface area contributed by atoms with Crippen LogP contribution in [-0.2, 0) is 16.1 Å². The number of carbonyl (C=O) groups is 2. The molecule has 7 heteroatoms. The Balaban J connectivity index is 2.41. The first-order valence-electron chi connectivity index (χ1n) is 5.97. The van der Waals surface area contributed by atoms with Crippen molar-refractivity contribution in [2.24, 2.45) is 5.73 Å². The van der Waals surface area contributed by atoms with Crippen molar-refractivity contribution < 1.29 is 19.4 Å². The Kier molecular flexibility index (Phi) is 6.45. The molecule has 0 heterocycles. The van der Waals surface area contributed by atoms with E-state index in [0.717, 1.165) is 5.56 Å². The summed E-state index contributed by atoms with van der Waals surface area (Å²) >= 11 is 4.67. The number of thiocarbonyl (C=S) groups is 1. The van der Waals surface area contributed by atoms with Gasteiger partial charge in [-0.05, 0) is 12.0 Å². The zero-order chi connectivity index (χ0) is 15.0.